The second-order valence-electron chi connectivity index (χ2n) is 38.5. The number of alkyl carbamates (subject to hydrolysis) is 2. The van der Waals surface area contributed by atoms with Gasteiger partial charge in [-0.2, -0.15) is 0 Å². The first-order valence-corrected chi connectivity index (χ1v) is 53.7. The molecule has 4 aromatic heterocycles. The fourth-order valence-corrected chi connectivity index (χ4v) is 22.2. The molecule has 6 fully saturated rings. The summed E-state index contributed by atoms with van der Waals surface area (Å²) in [4.78, 5) is 138. The average molecular weight is 2050 g/mol. The Hall–Kier alpha value is -12.7. The van der Waals surface area contributed by atoms with E-state index in [2.05, 4.69) is 70.5 Å². The van der Waals surface area contributed by atoms with E-state index < -0.39 is 139 Å². The number of hydrogen-bond acceptors (Lipinski definition) is 31. The molecule has 0 unspecified atom stereocenters. The number of thiazole rings is 2. The molecule has 8 aromatic rings. The van der Waals surface area contributed by atoms with Crippen LogP contribution in [0.5, 0.6) is 23.0 Å². The molecule has 7 amide bonds. The van der Waals surface area contributed by atoms with Crippen LogP contribution in [0.4, 0.5) is 36.0 Å². The highest BCUT2D eigenvalue weighted by molar-refractivity contribution is 7.90. The lowest BCUT2D eigenvalue weighted by Gasteiger charge is -2.29. The van der Waals surface area contributed by atoms with Crippen molar-refractivity contribution in [2.45, 2.75) is 290 Å². The minimum absolute atomic E-state index is 0.00563. The third-order valence-corrected chi connectivity index (χ3v) is 30.0. The maximum Gasteiger partial charge on any atom is 0.411 e. The topological polar surface area (TPSA) is 514 Å². The number of amides is 7. The molecule has 2 saturated heterocycles. The molecular formula is C101H132N16O22S4. The number of sulfonamides is 2. The van der Waals surface area contributed by atoms with Crippen LogP contribution in [0, 0.1) is 11.8 Å². The van der Waals surface area contributed by atoms with Crippen LogP contribution in [0.2, 0.25) is 0 Å². The number of rotatable bonds is 48. The number of carbonyl (C=O) groups excluding carboxylic acids is 7. The number of carboxylic acids is 2. The van der Waals surface area contributed by atoms with Gasteiger partial charge in [0, 0.05) is 102 Å². The smallest absolute Gasteiger partial charge is 0.411 e. The summed E-state index contributed by atoms with van der Waals surface area (Å²) in [7, 11) is -5.75. The van der Waals surface area contributed by atoms with E-state index in [9.17, 15) is 70.2 Å². The summed E-state index contributed by atoms with van der Waals surface area (Å²) in [5, 5.41) is 52.7. The van der Waals surface area contributed by atoms with Crippen molar-refractivity contribution in [1.29, 1.82) is 0 Å². The molecular weight excluding hydrogens is 1920 g/mol. The number of carboxylic acid groups (broad SMARTS) is 2. The third-order valence-electron chi connectivity index (χ3n) is 25.7. The lowest BCUT2D eigenvalue weighted by atomic mass is 10.1. The lowest BCUT2D eigenvalue weighted by Crippen LogP contribution is -2.56. The first kappa shape index (κ1) is 108. The number of methoxy groups -OCH3 is 2. The van der Waals surface area contributed by atoms with E-state index in [1.54, 1.807) is 83.5 Å². The van der Waals surface area contributed by atoms with Gasteiger partial charge in [0.1, 0.15) is 103 Å². The third kappa shape index (κ3) is 28.9. The van der Waals surface area contributed by atoms with Gasteiger partial charge in [-0.15, -0.1) is 35.8 Å². The Morgan fingerprint density at radius 1 is 0.538 bits per heavy atom. The van der Waals surface area contributed by atoms with Gasteiger partial charge in [0.05, 0.1) is 60.6 Å². The number of nitrogens with one attached hydrogen (secondary N) is 11. The molecule has 772 valence electrons. The first-order valence-electron chi connectivity index (χ1n) is 48.9. The van der Waals surface area contributed by atoms with Crippen LogP contribution in [0.25, 0.3) is 44.6 Å². The predicted octanol–water partition coefficient (Wildman–Crippen LogP) is 15.1. The van der Waals surface area contributed by atoms with Crippen molar-refractivity contribution in [2.24, 2.45) is 11.8 Å². The normalized spacial score (nSPS) is 20.3. The second kappa shape index (κ2) is 48.6. The van der Waals surface area contributed by atoms with E-state index in [1.807, 2.05) is 68.8 Å². The Kier molecular flexibility index (Phi) is 36.6. The van der Waals surface area contributed by atoms with E-state index in [0.717, 1.165) is 106 Å². The number of pyridine rings is 2. The summed E-state index contributed by atoms with van der Waals surface area (Å²) >= 11 is 2.92. The maximum absolute atomic E-state index is 14.5. The monoisotopic (exact) mass is 2050 g/mol. The molecule has 38 nitrogen and oxygen atoms in total. The van der Waals surface area contributed by atoms with Crippen LogP contribution in [0.3, 0.4) is 0 Å². The summed E-state index contributed by atoms with van der Waals surface area (Å²) in [5.41, 5.74) is 0.110. The van der Waals surface area contributed by atoms with Crippen LogP contribution in [0.1, 0.15) is 203 Å². The van der Waals surface area contributed by atoms with E-state index in [0.29, 0.717) is 113 Å². The summed E-state index contributed by atoms with van der Waals surface area (Å²) in [6.07, 6.45) is 14.7. The highest BCUT2D eigenvalue weighted by Crippen LogP contribution is 2.48. The number of para-hydroxylation sites is 2. The fraction of sp³-hybridized carbons (Fsp3) is 0.515. The number of unbranched alkanes of at least 4 members (excludes halogenated alkanes) is 8. The molecule has 6 heterocycles. The fourth-order valence-electron chi connectivity index (χ4n) is 18.0. The van der Waals surface area contributed by atoms with Crippen LogP contribution >= 0.6 is 22.7 Å². The molecule has 2 aliphatic heterocycles. The molecule has 0 spiro atoms. The number of fused-ring (bicyclic) bond motifs is 2. The van der Waals surface area contributed by atoms with Gasteiger partial charge in [-0.3, -0.25) is 24.1 Å². The Morgan fingerprint density at radius 2 is 0.965 bits per heavy atom. The van der Waals surface area contributed by atoms with Crippen LogP contribution in [0.15, 0.2) is 143 Å². The number of carbonyl (C=O) groups is 9. The number of aliphatic carboxylic acids is 2. The zero-order valence-corrected chi connectivity index (χ0v) is 85.4. The van der Waals surface area contributed by atoms with Crippen LogP contribution in [-0.2, 0) is 63.0 Å². The van der Waals surface area contributed by atoms with E-state index in [1.165, 1.54) is 57.9 Å². The lowest BCUT2D eigenvalue weighted by molar-refractivity contribution is -0.140. The molecule has 4 saturated carbocycles. The number of aromatic nitrogens is 4. The molecule has 6 aliphatic rings. The molecule has 13 N–H and O–H groups in total. The Labute approximate surface area is 841 Å². The summed E-state index contributed by atoms with van der Waals surface area (Å²) in [6.45, 7) is 22.0. The van der Waals surface area contributed by atoms with Crippen molar-refractivity contribution in [1.82, 2.24) is 60.9 Å². The summed E-state index contributed by atoms with van der Waals surface area (Å²) in [5.74, 6) is -4.13. The molecule has 4 aliphatic carbocycles. The standard InChI is InChI=1S/C53H70N8O12S2.C48H62N8O10S2/c1-8-33-29-53(33,48(65)60-75(68,69)45-22-16-15-20-38(45)54-25-17-11-9-10-12-21-39(47(63)64)58-50(66)72-34-18-13-14-19-34)59-46(62)43-27-36(30-61(43)51(67)73-52(4,5)6)71-44-28-41(42-31-74-49(57-42)55-32(2)3)56-40-26-35(70-7)23-24-37(40)44;1-5-30-26-48(30,55-43(57)39-24-33(27-50-39)65-41-25-38(40-28-67-46(53-40)51-29(2)3)52-37-23-32(64-4)20-21-34(37)41)45(60)56-68(62,63)42-19-13-12-17-35(42)49-22-14-8-6-7-9-18-36(44(58)59)54-47(61)66-31-15-10-11-16-31/h8,15-16,20,22-24,26,28,31-34,36,39,43,54H,1,9-14,17-19,21,25,27,29-30H2,2-7H3,(H,55,57)(H,58,66)(H,59,62)(H,60,65)(H,63,64);5,12-13,17,19-21,23,25,28-31,33,36,39,49-50H,1,6-11,14-16,18,22,24,26-27H2,2-4H3,(H,51,53)(H,54,61)(H,55,57)(H,56,60)(H,58,59)/t33-,36-,39+,43+,53-;30-,33-,36+,39+,48-/m11/s1. The van der Waals surface area contributed by atoms with Crippen molar-refractivity contribution in [3.05, 3.63) is 133 Å². The van der Waals surface area contributed by atoms with Gasteiger partial charge in [-0.1, -0.05) is 87.8 Å². The SMILES string of the molecule is C=C[C@@H]1C[C@]1(NC(=O)[C@@H]1C[C@@H](Oc2cc(-c3csc(NC(C)C)n3)nc3cc(OC)ccc23)CN1)C(=O)NS(=O)(=O)c1ccccc1NCCCCCCC[C@H](NC(=O)OC1CCCC1)C(=O)O.C=C[C@@H]1C[C@]1(NC(=O)[C@@H]1C[C@@H](Oc2cc(-c3csc(NC(C)C)n3)nc3cc(OC)ccc23)CN1C(=O)OC(C)(C)C)C(=O)NS(=O)(=O)c1ccccc1NCCCCCCC[C@H](NC(=O)OC1CCCC1)C(=O)O. The van der Waals surface area contributed by atoms with Gasteiger partial charge < -0.3 is 91.2 Å². The molecule has 0 radical (unpaired) electrons. The van der Waals surface area contributed by atoms with Gasteiger partial charge in [-0.25, -0.2) is 70.2 Å². The molecule has 42 heteroatoms. The highest BCUT2D eigenvalue weighted by Gasteiger charge is 2.63. The predicted molar refractivity (Wildman–Crippen MR) is 544 cm³/mol. The minimum Gasteiger partial charge on any atom is -0.497 e. The molecule has 14 rings (SSSR count). The Balaban J connectivity index is 0.000000241. The van der Waals surface area contributed by atoms with E-state index >= 15 is 0 Å². The zero-order chi connectivity index (χ0) is 103. The summed E-state index contributed by atoms with van der Waals surface area (Å²) in [6, 6.07) is 23.4. The molecule has 4 aromatic carbocycles. The zero-order valence-electron chi connectivity index (χ0n) is 82.1. The molecule has 143 heavy (non-hydrogen) atoms. The largest absolute Gasteiger partial charge is 0.497 e. The highest BCUT2D eigenvalue weighted by atomic mass is 32.2. The summed E-state index contributed by atoms with van der Waals surface area (Å²) < 4.78 is 101. The maximum atomic E-state index is 14.5. The number of ether oxygens (including phenoxy) is 7. The van der Waals surface area contributed by atoms with E-state index in [-0.39, 0.29) is 84.8 Å². The van der Waals surface area contributed by atoms with Crippen molar-refractivity contribution in [3.8, 4) is 45.8 Å². The van der Waals surface area contributed by atoms with Gasteiger partial charge in [0.15, 0.2) is 10.3 Å². The Morgan fingerprint density at radius 3 is 1.38 bits per heavy atom. The van der Waals surface area contributed by atoms with Gasteiger partial charge in [0.2, 0.25) is 11.8 Å². The van der Waals surface area contributed by atoms with Crippen molar-refractivity contribution >= 4 is 140 Å². The average Bonchev–Trinajstić information content (AvgIpc) is 1.58. The van der Waals surface area contributed by atoms with Crippen LogP contribution in [-0.4, -0.2) is 223 Å². The minimum atomic E-state index is -4.50. The number of hydrogen-bond donors (Lipinski definition) is 13. The van der Waals surface area contributed by atoms with Gasteiger partial charge >= 0.3 is 30.2 Å². The second-order valence-corrected chi connectivity index (χ2v) is 43.6. The van der Waals surface area contributed by atoms with Crippen molar-refractivity contribution in [2.75, 3.05) is 61.7 Å². The van der Waals surface area contributed by atoms with Gasteiger partial charge in [-0.05, 0) is 187 Å². The number of benzene rings is 4. The molecule has 0 bridgehead atoms. The van der Waals surface area contributed by atoms with E-state index in [4.69, 9.17) is 53.1 Å². The van der Waals surface area contributed by atoms with Crippen LogP contribution < -0.4 is 76.2 Å². The first-order chi connectivity index (χ1) is 68.3. The Bertz CT molecular complexity index is 6120. The number of nitrogens with zero attached hydrogens (tertiary/aromatic N) is 5. The molecule has 10 atom stereocenters. The van der Waals surface area contributed by atoms with Crippen molar-refractivity contribution in [3.63, 3.8) is 0 Å². The quantitative estimate of drug-likeness (QED) is 0.00957. The van der Waals surface area contributed by atoms with Crippen molar-refractivity contribution < 1.29 is 103 Å². The van der Waals surface area contributed by atoms with Gasteiger partial charge in [0.25, 0.3) is 31.9 Å². The number of likely N-dealkylation sites (tertiary alicyclic amines) is 1. The number of anilines is 4.